The van der Waals surface area contributed by atoms with Crippen molar-refractivity contribution in [1.29, 1.82) is 0 Å². The molecule has 3 rings (SSSR count). The van der Waals surface area contributed by atoms with Gasteiger partial charge in [0.2, 0.25) is 0 Å². The van der Waals surface area contributed by atoms with E-state index in [4.69, 9.17) is 4.84 Å². The largest absolute Gasteiger partial charge is 0.435 e. The second-order valence-electron chi connectivity index (χ2n) is 7.59. The number of rotatable bonds is 3. The topological polar surface area (TPSA) is 41.9 Å². The van der Waals surface area contributed by atoms with Crippen molar-refractivity contribution in [2.24, 2.45) is 17.0 Å². The average Bonchev–Trinajstić information content (AvgIpc) is 2.64. The number of likely N-dealkylation sites (tertiary alicyclic amines) is 1. The molecule has 1 amide bonds. The van der Waals surface area contributed by atoms with Crippen molar-refractivity contribution in [3.63, 3.8) is 0 Å². The van der Waals surface area contributed by atoms with E-state index in [2.05, 4.69) is 5.16 Å². The maximum atomic E-state index is 12.3. The molecule has 4 nitrogen and oxygen atoms in total. The van der Waals surface area contributed by atoms with E-state index in [1.54, 1.807) is 0 Å². The highest BCUT2D eigenvalue weighted by atomic mass is 16.7. The van der Waals surface area contributed by atoms with Crippen LogP contribution in [0.2, 0.25) is 0 Å². The smallest absolute Gasteiger partial charge is 0.306 e. The molecule has 0 unspecified atom stereocenters. The summed E-state index contributed by atoms with van der Waals surface area (Å²) in [6.45, 7) is 1.66. The first-order valence-corrected chi connectivity index (χ1v) is 9.88. The van der Waals surface area contributed by atoms with Gasteiger partial charge in [0.05, 0.1) is 5.71 Å². The van der Waals surface area contributed by atoms with Crippen molar-refractivity contribution in [2.45, 2.75) is 83.5 Å². The Morgan fingerprint density at radius 1 is 0.739 bits per heavy atom. The van der Waals surface area contributed by atoms with Gasteiger partial charge in [-0.2, -0.15) is 0 Å². The number of piperidine rings is 1. The summed E-state index contributed by atoms with van der Waals surface area (Å²) in [5.41, 5.74) is 1.22. The standard InChI is InChI=1S/C19H32N2O2/c22-19(21-14-8-3-9-15-21)23-20-18(16-10-4-1-5-11-16)17-12-6-2-7-13-17/h16-17H,1-15H2. The molecule has 3 fully saturated rings. The average molecular weight is 320 g/mol. The molecule has 130 valence electrons. The highest BCUT2D eigenvalue weighted by Gasteiger charge is 2.29. The summed E-state index contributed by atoms with van der Waals surface area (Å²) in [5.74, 6) is 1.11. The lowest BCUT2D eigenvalue weighted by Gasteiger charge is -2.30. The summed E-state index contributed by atoms with van der Waals surface area (Å²) in [5, 5.41) is 4.47. The Morgan fingerprint density at radius 2 is 1.22 bits per heavy atom. The van der Waals surface area contributed by atoms with Crippen LogP contribution in [0.1, 0.15) is 83.5 Å². The SMILES string of the molecule is O=C(ON=C(C1CCCCC1)C1CCCCC1)N1CCCCC1. The van der Waals surface area contributed by atoms with Crippen LogP contribution in [-0.2, 0) is 4.84 Å². The third-order valence-corrected chi connectivity index (χ3v) is 5.89. The van der Waals surface area contributed by atoms with Crippen LogP contribution in [0.4, 0.5) is 4.79 Å². The number of carbonyl (C=O) groups excluding carboxylic acids is 1. The van der Waals surface area contributed by atoms with E-state index >= 15 is 0 Å². The van der Waals surface area contributed by atoms with Gasteiger partial charge in [0.1, 0.15) is 0 Å². The molecular weight excluding hydrogens is 288 g/mol. The van der Waals surface area contributed by atoms with Gasteiger partial charge in [0, 0.05) is 24.9 Å². The van der Waals surface area contributed by atoms with Gasteiger partial charge in [0.15, 0.2) is 0 Å². The fourth-order valence-corrected chi connectivity index (χ4v) is 4.51. The van der Waals surface area contributed by atoms with E-state index in [0.717, 1.165) is 25.9 Å². The molecule has 23 heavy (non-hydrogen) atoms. The number of hydrogen-bond donors (Lipinski definition) is 0. The monoisotopic (exact) mass is 320 g/mol. The zero-order chi connectivity index (χ0) is 15.9. The lowest BCUT2D eigenvalue weighted by molar-refractivity contribution is 0.0965. The molecule has 3 aliphatic rings. The Balaban J connectivity index is 1.64. The molecule has 4 heteroatoms. The Bertz CT molecular complexity index is 384. The van der Waals surface area contributed by atoms with Crippen molar-refractivity contribution in [3.8, 4) is 0 Å². The molecule has 1 heterocycles. The van der Waals surface area contributed by atoms with Crippen molar-refractivity contribution in [2.75, 3.05) is 13.1 Å². The number of hydrogen-bond acceptors (Lipinski definition) is 3. The van der Waals surface area contributed by atoms with E-state index in [-0.39, 0.29) is 6.09 Å². The number of carbonyl (C=O) groups is 1. The fraction of sp³-hybridized carbons (Fsp3) is 0.895. The van der Waals surface area contributed by atoms with E-state index in [1.807, 2.05) is 4.90 Å². The van der Waals surface area contributed by atoms with Gasteiger partial charge in [-0.1, -0.05) is 43.7 Å². The van der Waals surface area contributed by atoms with Crippen LogP contribution in [0.5, 0.6) is 0 Å². The first-order chi connectivity index (χ1) is 11.3. The van der Waals surface area contributed by atoms with Gasteiger partial charge in [0.25, 0.3) is 0 Å². The molecule has 0 atom stereocenters. The van der Waals surface area contributed by atoms with Gasteiger partial charge in [-0.25, -0.2) is 4.79 Å². The molecule has 0 bridgehead atoms. The second-order valence-corrected chi connectivity index (χ2v) is 7.59. The van der Waals surface area contributed by atoms with E-state index < -0.39 is 0 Å². The Labute approximate surface area is 140 Å². The minimum absolute atomic E-state index is 0.228. The van der Waals surface area contributed by atoms with Gasteiger partial charge >= 0.3 is 6.09 Å². The van der Waals surface area contributed by atoms with Crippen LogP contribution in [0.15, 0.2) is 5.16 Å². The lowest BCUT2D eigenvalue weighted by Crippen LogP contribution is -2.36. The summed E-state index contributed by atoms with van der Waals surface area (Å²) in [4.78, 5) is 19.5. The van der Waals surface area contributed by atoms with Crippen molar-refractivity contribution >= 4 is 11.8 Å². The number of amides is 1. The molecule has 2 aliphatic carbocycles. The highest BCUT2D eigenvalue weighted by molar-refractivity contribution is 5.89. The summed E-state index contributed by atoms with van der Waals surface area (Å²) in [6.07, 6.45) is 16.0. The van der Waals surface area contributed by atoms with Crippen molar-refractivity contribution < 1.29 is 9.63 Å². The van der Waals surface area contributed by atoms with E-state index in [0.29, 0.717) is 11.8 Å². The quantitative estimate of drug-likeness (QED) is 0.411. The Kier molecular flexibility index (Phi) is 6.35. The molecule has 1 saturated heterocycles. The Hall–Kier alpha value is -1.06. The number of oxime groups is 1. The third-order valence-electron chi connectivity index (χ3n) is 5.89. The van der Waals surface area contributed by atoms with Crippen LogP contribution in [0, 0.1) is 11.8 Å². The van der Waals surface area contributed by atoms with Crippen LogP contribution in [0.25, 0.3) is 0 Å². The predicted molar refractivity (Wildman–Crippen MR) is 92.5 cm³/mol. The van der Waals surface area contributed by atoms with Crippen LogP contribution in [0.3, 0.4) is 0 Å². The van der Waals surface area contributed by atoms with E-state index in [9.17, 15) is 4.79 Å². The molecule has 2 saturated carbocycles. The van der Waals surface area contributed by atoms with Gasteiger partial charge < -0.3 is 4.90 Å². The van der Waals surface area contributed by atoms with Crippen molar-refractivity contribution in [3.05, 3.63) is 0 Å². The summed E-state index contributed by atoms with van der Waals surface area (Å²) in [6, 6.07) is 0. The third kappa shape index (κ3) is 4.71. The maximum Gasteiger partial charge on any atom is 0.435 e. The first-order valence-electron chi connectivity index (χ1n) is 9.88. The molecule has 0 radical (unpaired) electrons. The van der Waals surface area contributed by atoms with E-state index in [1.165, 1.54) is 76.3 Å². The molecule has 0 aromatic carbocycles. The summed E-state index contributed by atoms with van der Waals surface area (Å²) in [7, 11) is 0. The first kappa shape index (κ1) is 16.8. The molecule has 1 aliphatic heterocycles. The Morgan fingerprint density at radius 3 is 1.74 bits per heavy atom. The summed E-state index contributed by atoms with van der Waals surface area (Å²) < 4.78 is 0. The molecule has 0 aromatic rings. The second kappa shape index (κ2) is 8.70. The lowest BCUT2D eigenvalue weighted by atomic mass is 9.76. The number of nitrogens with zero attached hydrogens (tertiary/aromatic N) is 2. The predicted octanol–water partition coefficient (Wildman–Crippen LogP) is 5.13. The van der Waals surface area contributed by atoms with Crippen LogP contribution < -0.4 is 0 Å². The zero-order valence-corrected chi connectivity index (χ0v) is 14.5. The molecule has 0 N–H and O–H groups in total. The van der Waals surface area contributed by atoms with Gasteiger partial charge in [-0.15, -0.1) is 0 Å². The molecule has 0 spiro atoms. The zero-order valence-electron chi connectivity index (χ0n) is 14.5. The van der Waals surface area contributed by atoms with Crippen LogP contribution >= 0.6 is 0 Å². The van der Waals surface area contributed by atoms with Gasteiger partial charge in [-0.05, 0) is 44.9 Å². The highest BCUT2D eigenvalue weighted by Crippen LogP contribution is 2.33. The maximum absolute atomic E-state index is 12.3. The minimum atomic E-state index is -0.228. The van der Waals surface area contributed by atoms with Crippen LogP contribution in [-0.4, -0.2) is 29.8 Å². The normalized spacial score (nSPS) is 24.3. The molecular formula is C19H32N2O2. The molecule has 0 aromatic heterocycles. The summed E-state index contributed by atoms with van der Waals surface area (Å²) >= 11 is 0. The van der Waals surface area contributed by atoms with Crippen molar-refractivity contribution in [1.82, 2.24) is 4.90 Å². The fourth-order valence-electron chi connectivity index (χ4n) is 4.51. The minimum Gasteiger partial charge on any atom is -0.306 e. The van der Waals surface area contributed by atoms with Gasteiger partial charge in [-0.3, -0.25) is 4.84 Å².